The zero-order valence-electron chi connectivity index (χ0n) is 16.0. The summed E-state index contributed by atoms with van der Waals surface area (Å²) in [7, 11) is 0. The quantitative estimate of drug-likeness (QED) is 0.436. The first-order valence-corrected chi connectivity index (χ1v) is 10.1. The molecule has 4 N–H and O–H groups in total. The van der Waals surface area contributed by atoms with Gasteiger partial charge in [-0.05, 0) is 30.9 Å². The SMILES string of the molecule is Nc1nc(-c2ccccc2)c(-c2cc(Cl)c3[nH]ncc3c2)nc1NC(=O)CC1CC1. The molecule has 2 heterocycles. The van der Waals surface area contributed by atoms with E-state index in [1.807, 2.05) is 42.5 Å². The zero-order chi connectivity index (χ0) is 20.7. The predicted molar refractivity (Wildman–Crippen MR) is 118 cm³/mol. The Hall–Kier alpha value is -3.45. The molecule has 5 rings (SSSR count). The summed E-state index contributed by atoms with van der Waals surface area (Å²) in [6.45, 7) is 0. The smallest absolute Gasteiger partial charge is 0.225 e. The van der Waals surface area contributed by atoms with Gasteiger partial charge in [0.1, 0.15) is 0 Å². The Morgan fingerprint density at radius 2 is 1.90 bits per heavy atom. The van der Waals surface area contributed by atoms with Gasteiger partial charge in [-0.1, -0.05) is 41.9 Å². The molecule has 0 radical (unpaired) electrons. The van der Waals surface area contributed by atoms with Crippen molar-refractivity contribution in [3.8, 4) is 22.5 Å². The number of rotatable bonds is 5. The minimum Gasteiger partial charge on any atom is -0.381 e. The van der Waals surface area contributed by atoms with Crippen molar-refractivity contribution in [1.29, 1.82) is 0 Å². The summed E-state index contributed by atoms with van der Waals surface area (Å²) < 4.78 is 0. The number of amides is 1. The Bertz CT molecular complexity index is 1250. The third kappa shape index (κ3) is 3.59. The first-order chi connectivity index (χ1) is 14.6. The molecule has 0 aliphatic heterocycles. The number of nitrogens with two attached hydrogens (primary N) is 1. The Morgan fingerprint density at radius 1 is 1.13 bits per heavy atom. The van der Waals surface area contributed by atoms with E-state index in [0.717, 1.165) is 34.9 Å². The molecular weight excluding hydrogens is 400 g/mol. The van der Waals surface area contributed by atoms with Crippen LogP contribution in [0.1, 0.15) is 19.3 Å². The Morgan fingerprint density at radius 3 is 2.67 bits per heavy atom. The molecule has 1 fully saturated rings. The second kappa shape index (κ2) is 7.42. The van der Waals surface area contributed by atoms with E-state index in [0.29, 0.717) is 28.7 Å². The van der Waals surface area contributed by atoms with E-state index >= 15 is 0 Å². The standard InChI is InChI=1S/C22H19ClN6O/c23-16-10-14(9-15-11-25-29-18(15)16)20-19(13-4-2-1-3-5-13)27-21(24)22(28-20)26-17(30)8-12-6-7-12/h1-5,9-12H,6-8H2,(H2,24,27)(H,25,29)(H,26,28,30). The number of hydrogen-bond acceptors (Lipinski definition) is 5. The molecule has 8 heteroatoms. The molecule has 2 aromatic heterocycles. The first kappa shape index (κ1) is 18.6. The Kier molecular flexibility index (Phi) is 4.59. The minimum atomic E-state index is -0.0970. The van der Waals surface area contributed by atoms with E-state index in [1.54, 1.807) is 6.20 Å². The van der Waals surface area contributed by atoms with Crippen LogP contribution < -0.4 is 11.1 Å². The van der Waals surface area contributed by atoms with Gasteiger partial charge in [-0.3, -0.25) is 9.89 Å². The van der Waals surface area contributed by atoms with Crippen LogP contribution >= 0.6 is 11.6 Å². The molecule has 4 aromatic rings. The lowest BCUT2D eigenvalue weighted by Gasteiger charge is -2.14. The predicted octanol–water partition coefficient (Wildman–Crippen LogP) is 4.66. The maximum absolute atomic E-state index is 12.3. The highest BCUT2D eigenvalue weighted by Gasteiger charge is 2.25. The fourth-order valence-corrected chi connectivity index (χ4v) is 3.73. The zero-order valence-corrected chi connectivity index (χ0v) is 16.8. The molecule has 0 atom stereocenters. The van der Waals surface area contributed by atoms with Crippen LogP contribution in [0.15, 0.2) is 48.7 Å². The molecule has 7 nitrogen and oxygen atoms in total. The molecule has 1 saturated carbocycles. The highest BCUT2D eigenvalue weighted by Crippen LogP contribution is 2.36. The van der Waals surface area contributed by atoms with Gasteiger partial charge >= 0.3 is 0 Å². The van der Waals surface area contributed by atoms with Gasteiger partial charge in [-0.25, -0.2) is 9.97 Å². The lowest BCUT2D eigenvalue weighted by Crippen LogP contribution is -2.16. The maximum Gasteiger partial charge on any atom is 0.225 e. The van der Waals surface area contributed by atoms with Crippen molar-refractivity contribution in [3.63, 3.8) is 0 Å². The third-order valence-electron chi connectivity index (χ3n) is 5.17. The second-order valence-corrected chi connectivity index (χ2v) is 7.92. The van der Waals surface area contributed by atoms with E-state index < -0.39 is 0 Å². The summed E-state index contributed by atoms with van der Waals surface area (Å²) >= 11 is 6.46. The van der Waals surface area contributed by atoms with Crippen LogP contribution in [0, 0.1) is 5.92 Å². The summed E-state index contributed by atoms with van der Waals surface area (Å²) in [5.41, 5.74) is 9.76. The topological polar surface area (TPSA) is 110 Å². The van der Waals surface area contributed by atoms with Gasteiger partial charge in [0.25, 0.3) is 0 Å². The minimum absolute atomic E-state index is 0.0970. The summed E-state index contributed by atoms with van der Waals surface area (Å²) in [6, 6.07) is 13.4. The van der Waals surface area contributed by atoms with Gasteiger partial charge in [-0.15, -0.1) is 0 Å². The summed E-state index contributed by atoms with van der Waals surface area (Å²) in [5.74, 6) is 0.806. The number of nitrogens with zero attached hydrogens (tertiary/aromatic N) is 3. The fraction of sp³-hybridized carbons (Fsp3) is 0.182. The molecule has 2 aromatic carbocycles. The van der Waals surface area contributed by atoms with Crippen LogP contribution in [0.3, 0.4) is 0 Å². The highest BCUT2D eigenvalue weighted by molar-refractivity contribution is 6.35. The molecule has 150 valence electrons. The number of hydrogen-bond donors (Lipinski definition) is 3. The van der Waals surface area contributed by atoms with Crippen molar-refractivity contribution in [2.24, 2.45) is 5.92 Å². The van der Waals surface area contributed by atoms with Crippen molar-refractivity contribution in [3.05, 3.63) is 53.7 Å². The van der Waals surface area contributed by atoms with E-state index in [4.69, 9.17) is 22.3 Å². The van der Waals surface area contributed by atoms with E-state index in [2.05, 4.69) is 20.5 Å². The molecule has 1 amide bonds. The number of anilines is 2. The van der Waals surface area contributed by atoms with E-state index in [1.165, 1.54) is 0 Å². The highest BCUT2D eigenvalue weighted by atomic mass is 35.5. The average Bonchev–Trinajstić information content (AvgIpc) is 3.42. The molecule has 1 aliphatic rings. The number of aromatic amines is 1. The van der Waals surface area contributed by atoms with Gasteiger partial charge in [0, 0.05) is 22.9 Å². The lowest BCUT2D eigenvalue weighted by molar-refractivity contribution is -0.116. The molecular formula is C22H19ClN6O. The molecule has 0 saturated heterocycles. The number of carbonyl (C=O) groups excluding carboxylic acids is 1. The van der Waals surface area contributed by atoms with Crippen LogP contribution in [0.25, 0.3) is 33.4 Å². The van der Waals surface area contributed by atoms with Gasteiger partial charge < -0.3 is 11.1 Å². The second-order valence-electron chi connectivity index (χ2n) is 7.51. The fourth-order valence-electron chi connectivity index (χ4n) is 3.46. The average molecular weight is 419 g/mol. The summed E-state index contributed by atoms with van der Waals surface area (Å²) in [6.07, 6.45) is 4.37. The van der Waals surface area contributed by atoms with Crippen LogP contribution in [-0.2, 0) is 4.79 Å². The van der Waals surface area contributed by atoms with Crippen molar-refractivity contribution in [2.75, 3.05) is 11.1 Å². The normalized spacial score (nSPS) is 13.5. The monoisotopic (exact) mass is 418 g/mol. The van der Waals surface area contributed by atoms with Gasteiger partial charge in [0.2, 0.25) is 5.91 Å². The molecule has 0 spiro atoms. The summed E-state index contributed by atoms with van der Waals surface area (Å²) in [4.78, 5) is 21.7. The largest absolute Gasteiger partial charge is 0.381 e. The Balaban J connectivity index is 1.64. The Labute approximate surface area is 177 Å². The van der Waals surface area contributed by atoms with E-state index in [9.17, 15) is 4.79 Å². The van der Waals surface area contributed by atoms with Crippen molar-refractivity contribution in [2.45, 2.75) is 19.3 Å². The van der Waals surface area contributed by atoms with E-state index in [-0.39, 0.29) is 17.5 Å². The number of benzene rings is 2. The number of H-pyrrole nitrogens is 1. The number of fused-ring (bicyclic) bond motifs is 1. The number of nitrogens with one attached hydrogen (secondary N) is 2. The number of nitrogen functional groups attached to an aromatic ring is 1. The lowest BCUT2D eigenvalue weighted by atomic mass is 10.0. The first-order valence-electron chi connectivity index (χ1n) is 9.74. The summed E-state index contributed by atoms with van der Waals surface area (Å²) in [5, 5.41) is 11.2. The number of carbonyl (C=O) groups is 1. The molecule has 0 bridgehead atoms. The third-order valence-corrected chi connectivity index (χ3v) is 5.47. The molecule has 30 heavy (non-hydrogen) atoms. The molecule has 0 unspecified atom stereocenters. The number of halogens is 1. The maximum atomic E-state index is 12.3. The molecule has 1 aliphatic carbocycles. The van der Waals surface area contributed by atoms with Crippen molar-refractivity contribution >= 4 is 40.0 Å². The van der Waals surface area contributed by atoms with Crippen LogP contribution in [0.2, 0.25) is 5.02 Å². The van der Waals surface area contributed by atoms with Crippen LogP contribution in [-0.4, -0.2) is 26.1 Å². The van der Waals surface area contributed by atoms with Gasteiger partial charge in [0.15, 0.2) is 11.6 Å². The van der Waals surface area contributed by atoms with Crippen molar-refractivity contribution in [1.82, 2.24) is 20.2 Å². The number of aromatic nitrogens is 4. The van der Waals surface area contributed by atoms with Crippen molar-refractivity contribution < 1.29 is 4.79 Å². The van der Waals surface area contributed by atoms with Crippen LogP contribution in [0.5, 0.6) is 0 Å². The van der Waals surface area contributed by atoms with Gasteiger partial charge in [-0.2, -0.15) is 5.10 Å². The van der Waals surface area contributed by atoms with Gasteiger partial charge in [0.05, 0.1) is 28.1 Å². The van der Waals surface area contributed by atoms with Crippen LogP contribution in [0.4, 0.5) is 11.6 Å².